The van der Waals surface area contributed by atoms with Crippen LogP contribution in [0.25, 0.3) is 17.4 Å². The van der Waals surface area contributed by atoms with Gasteiger partial charge < -0.3 is 9.73 Å². The lowest BCUT2D eigenvalue weighted by Crippen LogP contribution is -2.13. The Kier molecular flexibility index (Phi) is 6.59. The number of amides is 1. The SMILES string of the molecule is CCCCc1ccc(NC(=O)/C(C#N)=C/c2ccc(-c3cccc(F)c3)o2)cc1. The molecule has 1 amide bonds. The van der Waals surface area contributed by atoms with Gasteiger partial charge in [-0.05, 0) is 54.8 Å². The number of rotatable bonds is 7. The second-order valence-electron chi connectivity index (χ2n) is 6.64. The number of halogens is 1. The Bertz CT molecular complexity index is 1060. The highest BCUT2D eigenvalue weighted by atomic mass is 19.1. The molecule has 29 heavy (non-hydrogen) atoms. The van der Waals surface area contributed by atoms with E-state index in [9.17, 15) is 14.4 Å². The van der Waals surface area contributed by atoms with Gasteiger partial charge in [0, 0.05) is 17.3 Å². The summed E-state index contributed by atoms with van der Waals surface area (Å²) in [6.07, 6.45) is 4.62. The number of aryl methyl sites for hydroxylation is 1. The molecule has 4 nitrogen and oxygen atoms in total. The van der Waals surface area contributed by atoms with Crippen LogP contribution in [0.4, 0.5) is 10.1 Å². The molecule has 0 radical (unpaired) electrons. The van der Waals surface area contributed by atoms with Crippen LogP contribution in [0.2, 0.25) is 0 Å². The number of nitriles is 1. The number of carbonyl (C=O) groups is 1. The first kappa shape index (κ1) is 20.1. The smallest absolute Gasteiger partial charge is 0.266 e. The summed E-state index contributed by atoms with van der Waals surface area (Å²) < 4.78 is 19.0. The van der Waals surface area contributed by atoms with Crippen molar-refractivity contribution in [1.29, 1.82) is 5.26 Å². The van der Waals surface area contributed by atoms with Crippen molar-refractivity contribution in [2.45, 2.75) is 26.2 Å². The van der Waals surface area contributed by atoms with Crippen molar-refractivity contribution in [2.75, 3.05) is 5.32 Å². The van der Waals surface area contributed by atoms with E-state index >= 15 is 0 Å². The summed E-state index contributed by atoms with van der Waals surface area (Å²) >= 11 is 0. The molecular formula is C24H21FN2O2. The Morgan fingerprint density at radius 1 is 1.17 bits per heavy atom. The zero-order valence-electron chi connectivity index (χ0n) is 16.1. The summed E-state index contributed by atoms with van der Waals surface area (Å²) in [5, 5.41) is 12.1. The van der Waals surface area contributed by atoms with E-state index in [0.717, 1.165) is 19.3 Å². The molecule has 146 valence electrons. The molecule has 0 aliphatic carbocycles. The molecule has 1 N–H and O–H groups in total. The zero-order chi connectivity index (χ0) is 20.6. The maximum Gasteiger partial charge on any atom is 0.266 e. The predicted octanol–water partition coefficient (Wildman–Crippen LogP) is 5.97. The monoisotopic (exact) mass is 388 g/mol. The van der Waals surface area contributed by atoms with Crippen LogP contribution in [0.15, 0.2) is 70.7 Å². The fraction of sp³-hybridized carbons (Fsp3) is 0.167. The minimum atomic E-state index is -0.516. The minimum absolute atomic E-state index is 0.0831. The van der Waals surface area contributed by atoms with Crippen LogP contribution in [0.5, 0.6) is 0 Å². The third-order valence-electron chi connectivity index (χ3n) is 4.42. The number of nitrogens with one attached hydrogen (secondary N) is 1. The lowest BCUT2D eigenvalue weighted by atomic mass is 10.1. The Hall–Kier alpha value is -3.65. The van der Waals surface area contributed by atoms with E-state index in [1.165, 1.54) is 23.8 Å². The molecule has 0 aliphatic rings. The van der Waals surface area contributed by atoms with Crippen LogP contribution in [0.3, 0.4) is 0 Å². The average Bonchev–Trinajstić information content (AvgIpc) is 3.20. The van der Waals surface area contributed by atoms with E-state index in [1.54, 1.807) is 24.3 Å². The maximum absolute atomic E-state index is 13.4. The van der Waals surface area contributed by atoms with Gasteiger partial charge in [-0.3, -0.25) is 4.79 Å². The predicted molar refractivity (Wildman–Crippen MR) is 111 cm³/mol. The normalized spacial score (nSPS) is 11.1. The molecule has 0 unspecified atom stereocenters. The zero-order valence-corrected chi connectivity index (χ0v) is 16.1. The highest BCUT2D eigenvalue weighted by Gasteiger charge is 2.12. The molecule has 0 bridgehead atoms. The molecule has 0 aliphatic heterocycles. The van der Waals surface area contributed by atoms with E-state index in [4.69, 9.17) is 4.42 Å². The van der Waals surface area contributed by atoms with Gasteiger partial charge in [-0.15, -0.1) is 0 Å². The van der Waals surface area contributed by atoms with Gasteiger partial charge in [-0.2, -0.15) is 5.26 Å². The van der Waals surface area contributed by atoms with E-state index in [-0.39, 0.29) is 11.4 Å². The van der Waals surface area contributed by atoms with Crippen LogP contribution in [-0.4, -0.2) is 5.91 Å². The number of hydrogen-bond donors (Lipinski definition) is 1. The number of hydrogen-bond acceptors (Lipinski definition) is 3. The van der Waals surface area contributed by atoms with Crippen LogP contribution >= 0.6 is 0 Å². The number of carbonyl (C=O) groups excluding carboxylic acids is 1. The number of nitrogens with zero attached hydrogens (tertiary/aromatic N) is 1. The van der Waals surface area contributed by atoms with Gasteiger partial charge in [0.05, 0.1) is 0 Å². The van der Waals surface area contributed by atoms with E-state index < -0.39 is 5.91 Å². The molecule has 3 rings (SSSR count). The molecule has 0 saturated carbocycles. The van der Waals surface area contributed by atoms with E-state index in [0.29, 0.717) is 22.8 Å². The van der Waals surface area contributed by atoms with Crippen molar-refractivity contribution < 1.29 is 13.6 Å². The first-order valence-corrected chi connectivity index (χ1v) is 9.47. The van der Waals surface area contributed by atoms with Gasteiger partial charge in [-0.1, -0.05) is 37.6 Å². The topological polar surface area (TPSA) is 66.0 Å². The largest absolute Gasteiger partial charge is 0.457 e. The molecule has 1 heterocycles. The quantitative estimate of drug-likeness (QED) is 0.400. The fourth-order valence-corrected chi connectivity index (χ4v) is 2.85. The van der Waals surface area contributed by atoms with Crippen LogP contribution in [0.1, 0.15) is 31.1 Å². The van der Waals surface area contributed by atoms with Crippen molar-refractivity contribution >= 4 is 17.7 Å². The molecule has 0 atom stereocenters. The average molecular weight is 388 g/mol. The first-order chi connectivity index (χ1) is 14.1. The summed E-state index contributed by atoms with van der Waals surface area (Å²) in [5.41, 5.74) is 2.33. The summed E-state index contributed by atoms with van der Waals surface area (Å²) in [6.45, 7) is 2.14. The van der Waals surface area contributed by atoms with E-state index in [2.05, 4.69) is 12.2 Å². The number of furan rings is 1. The Morgan fingerprint density at radius 3 is 2.66 bits per heavy atom. The molecule has 0 fully saturated rings. The minimum Gasteiger partial charge on any atom is -0.457 e. The van der Waals surface area contributed by atoms with E-state index in [1.807, 2.05) is 30.3 Å². The molecule has 0 spiro atoms. The summed E-state index contributed by atoms with van der Waals surface area (Å²) in [6, 6.07) is 18.8. The van der Waals surface area contributed by atoms with Crippen LogP contribution < -0.4 is 5.32 Å². The van der Waals surface area contributed by atoms with Crippen molar-refractivity contribution in [3.8, 4) is 17.4 Å². The molecular weight excluding hydrogens is 367 g/mol. The number of anilines is 1. The standard InChI is InChI=1S/C24H21FN2O2/c1-2-3-5-17-8-10-21(11-9-17)27-24(28)19(16-26)15-22-12-13-23(29-22)18-6-4-7-20(25)14-18/h4,6-15H,2-3,5H2,1H3,(H,27,28)/b19-15+. The van der Waals surface area contributed by atoms with Gasteiger partial charge in [0.2, 0.25) is 0 Å². The Labute approximate surface area is 169 Å². The molecule has 5 heteroatoms. The summed E-state index contributed by atoms with van der Waals surface area (Å²) in [4.78, 5) is 12.4. The van der Waals surface area contributed by atoms with Crippen molar-refractivity contribution in [3.63, 3.8) is 0 Å². The molecule has 0 saturated heterocycles. The van der Waals surface area contributed by atoms with Crippen molar-refractivity contribution in [1.82, 2.24) is 0 Å². The van der Waals surface area contributed by atoms with Crippen molar-refractivity contribution in [3.05, 3.63) is 83.4 Å². The Morgan fingerprint density at radius 2 is 1.97 bits per heavy atom. The maximum atomic E-state index is 13.4. The fourth-order valence-electron chi connectivity index (χ4n) is 2.85. The van der Waals surface area contributed by atoms with Crippen LogP contribution in [0, 0.1) is 17.1 Å². The number of unbranched alkanes of at least 4 members (excludes halogenated alkanes) is 1. The first-order valence-electron chi connectivity index (χ1n) is 9.47. The third kappa shape index (κ3) is 5.43. The highest BCUT2D eigenvalue weighted by molar-refractivity contribution is 6.09. The molecule has 2 aromatic carbocycles. The highest BCUT2D eigenvalue weighted by Crippen LogP contribution is 2.24. The summed E-state index contributed by atoms with van der Waals surface area (Å²) in [5.74, 6) is -0.0895. The molecule has 3 aromatic rings. The second-order valence-corrected chi connectivity index (χ2v) is 6.64. The van der Waals surface area contributed by atoms with Gasteiger partial charge >= 0.3 is 0 Å². The second kappa shape index (κ2) is 9.52. The van der Waals surface area contributed by atoms with Gasteiger partial charge in [0.25, 0.3) is 5.91 Å². The lowest BCUT2D eigenvalue weighted by molar-refractivity contribution is -0.112. The lowest BCUT2D eigenvalue weighted by Gasteiger charge is -2.06. The van der Waals surface area contributed by atoms with Crippen molar-refractivity contribution in [2.24, 2.45) is 0 Å². The van der Waals surface area contributed by atoms with Gasteiger partial charge in [0.15, 0.2) is 0 Å². The Balaban J connectivity index is 1.71. The van der Waals surface area contributed by atoms with Gasteiger partial charge in [0.1, 0.15) is 29.0 Å². The third-order valence-corrected chi connectivity index (χ3v) is 4.42. The molecule has 1 aromatic heterocycles. The number of benzene rings is 2. The van der Waals surface area contributed by atoms with Gasteiger partial charge in [-0.25, -0.2) is 4.39 Å². The van der Waals surface area contributed by atoms with Crippen LogP contribution in [-0.2, 0) is 11.2 Å². The summed E-state index contributed by atoms with van der Waals surface area (Å²) in [7, 11) is 0.